The molecule has 24 heavy (non-hydrogen) atoms. The molecule has 134 valence electrons. The van der Waals surface area contributed by atoms with E-state index in [4.69, 9.17) is 4.74 Å². The molecule has 2 atom stereocenters. The van der Waals surface area contributed by atoms with Crippen molar-refractivity contribution < 1.29 is 4.74 Å². The molecule has 1 nitrogen and oxygen atoms in total. The fraction of sp³-hybridized carbons (Fsp3) is 0.565. The molecule has 2 unspecified atom stereocenters. The van der Waals surface area contributed by atoms with Gasteiger partial charge in [0.2, 0.25) is 0 Å². The molecule has 0 spiro atoms. The Hall–Kier alpha value is -1.34. The first kappa shape index (κ1) is 20.7. The summed E-state index contributed by atoms with van der Waals surface area (Å²) in [5, 5.41) is 0. The highest BCUT2D eigenvalue weighted by Crippen LogP contribution is 2.26. The van der Waals surface area contributed by atoms with Crippen molar-refractivity contribution in [3.63, 3.8) is 0 Å². The maximum Gasteiger partial charge on any atom is 0.0839 e. The fourth-order valence-corrected chi connectivity index (χ4v) is 2.51. The highest BCUT2D eigenvalue weighted by atomic mass is 16.6. The van der Waals surface area contributed by atoms with Gasteiger partial charge in [0.15, 0.2) is 0 Å². The van der Waals surface area contributed by atoms with Crippen molar-refractivity contribution in [3.05, 3.63) is 60.3 Å². The van der Waals surface area contributed by atoms with E-state index in [0.29, 0.717) is 12.2 Å². The van der Waals surface area contributed by atoms with Crippen LogP contribution in [0, 0.1) is 0 Å². The minimum absolute atomic E-state index is 0.515. The molecule has 1 heteroatoms. The van der Waals surface area contributed by atoms with Gasteiger partial charge >= 0.3 is 0 Å². The van der Waals surface area contributed by atoms with E-state index in [2.05, 4.69) is 75.5 Å². The summed E-state index contributed by atoms with van der Waals surface area (Å²) in [4.78, 5) is 0. The summed E-state index contributed by atoms with van der Waals surface area (Å²) in [6, 6.07) is 0. The zero-order chi connectivity index (χ0) is 17.5. The first-order valence-electron chi connectivity index (χ1n) is 9.65. The van der Waals surface area contributed by atoms with Gasteiger partial charge in [-0.15, -0.1) is 0 Å². The number of allylic oxidation sites excluding steroid dienone is 10. The monoisotopic (exact) mass is 328 g/mol. The molecule has 0 saturated carbocycles. The molecular weight excluding hydrogens is 292 g/mol. The Bertz CT molecular complexity index is 451. The third-order valence-electron chi connectivity index (χ3n) is 4.18. The van der Waals surface area contributed by atoms with Crippen LogP contribution in [0.2, 0.25) is 0 Å². The largest absolute Gasteiger partial charge is 0.370 e. The van der Waals surface area contributed by atoms with Gasteiger partial charge in [0.25, 0.3) is 0 Å². The van der Waals surface area contributed by atoms with Gasteiger partial charge in [0.1, 0.15) is 0 Å². The molecule has 1 heterocycles. The average molecular weight is 329 g/mol. The summed E-state index contributed by atoms with van der Waals surface area (Å²) in [6.45, 7) is 6.54. The molecule has 0 aromatic heterocycles. The van der Waals surface area contributed by atoms with E-state index in [-0.39, 0.29) is 0 Å². The fourth-order valence-electron chi connectivity index (χ4n) is 2.51. The van der Waals surface area contributed by atoms with Crippen LogP contribution in [0.4, 0.5) is 0 Å². The summed E-state index contributed by atoms with van der Waals surface area (Å²) in [7, 11) is 0. The lowest BCUT2D eigenvalue weighted by atomic mass is 10.1. The van der Waals surface area contributed by atoms with Gasteiger partial charge in [-0.3, -0.25) is 0 Å². The van der Waals surface area contributed by atoms with Crippen LogP contribution in [0.25, 0.3) is 0 Å². The van der Waals surface area contributed by atoms with E-state index in [0.717, 1.165) is 32.1 Å². The zero-order valence-corrected chi connectivity index (χ0v) is 15.9. The van der Waals surface area contributed by atoms with Gasteiger partial charge in [-0.25, -0.2) is 0 Å². The highest BCUT2D eigenvalue weighted by molar-refractivity contribution is 5.08. The summed E-state index contributed by atoms with van der Waals surface area (Å²) >= 11 is 0. The number of epoxide rings is 1. The van der Waals surface area contributed by atoms with Crippen LogP contribution in [0.5, 0.6) is 0 Å². The van der Waals surface area contributed by atoms with E-state index in [1.54, 1.807) is 0 Å². The van der Waals surface area contributed by atoms with Crippen molar-refractivity contribution in [2.45, 2.75) is 84.3 Å². The van der Waals surface area contributed by atoms with Gasteiger partial charge in [0.05, 0.1) is 12.2 Å². The topological polar surface area (TPSA) is 12.5 Å². The first-order chi connectivity index (χ1) is 11.7. The van der Waals surface area contributed by atoms with Gasteiger partial charge in [-0.1, -0.05) is 67.2 Å². The van der Waals surface area contributed by atoms with Gasteiger partial charge in [-0.05, 0) is 65.2 Å². The van der Waals surface area contributed by atoms with Crippen LogP contribution in [-0.4, -0.2) is 12.2 Å². The van der Waals surface area contributed by atoms with Gasteiger partial charge < -0.3 is 4.74 Å². The van der Waals surface area contributed by atoms with Crippen LogP contribution in [0.15, 0.2) is 60.3 Å². The van der Waals surface area contributed by atoms with Crippen LogP contribution >= 0.6 is 0 Å². The molecule has 0 radical (unpaired) electrons. The van der Waals surface area contributed by atoms with Crippen molar-refractivity contribution in [1.29, 1.82) is 0 Å². The highest BCUT2D eigenvalue weighted by Gasteiger charge is 2.32. The lowest BCUT2D eigenvalue weighted by molar-refractivity contribution is 0.367. The molecule has 1 rings (SSSR count). The summed E-state index contributed by atoms with van der Waals surface area (Å²) in [6.07, 6.45) is 30.4. The van der Waals surface area contributed by atoms with Crippen LogP contribution in [-0.2, 0) is 4.74 Å². The molecule has 0 aromatic rings. The lowest BCUT2D eigenvalue weighted by Gasteiger charge is -1.94. The number of hydrogen-bond donors (Lipinski definition) is 0. The minimum atomic E-state index is 0.515. The third-order valence-corrected chi connectivity index (χ3v) is 4.18. The molecule has 0 aliphatic carbocycles. The molecule has 0 aromatic carbocycles. The SMILES string of the molecule is CCC=CCC=CCC=C(C)CC=CCC=CCCCC1OC1C. The molecule has 1 saturated heterocycles. The molecule has 1 aliphatic rings. The second kappa shape index (κ2) is 14.0. The maximum absolute atomic E-state index is 5.41. The van der Waals surface area contributed by atoms with Crippen molar-refractivity contribution in [2.75, 3.05) is 0 Å². The smallest absolute Gasteiger partial charge is 0.0839 e. The van der Waals surface area contributed by atoms with E-state index < -0.39 is 0 Å². The Labute approximate surface area is 149 Å². The van der Waals surface area contributed by atoms with Crippen molar-refractivity contribution >= 4 is 0 Å². The Balaban J connectivity index is 1.97. The Morgan fingerprint density at radius 3 is 2.21 bits per heavy atom. The number of rotatable bonds is 13. The number of ether oxygens (including phenoxy) is 1. The summed E-state index contributed by atoms with van der Waals surface area (Å²) in [5.41, 5.74) is 1.45. The summed E-state index contributed by atoms with van der Waals surface area (Å²) < 4.78 is 5.41. The molecule has 0 amide bonds. The van der Waals surface area contributed by atoms with Crippen LogP contribution in [0.1, 0.15) is 72.1 Å². The molecule has 1 aliphatic heterocycles. The minimum Gasteiger partial charge on any atom is -0.370 e. The Morgan fingerprint density at radius 1 is 0.875 bits per heavy atom. The van der Waals surface area contributed by atoms with Crippen molar-refractivity contribution in [3.8, 4) is 0 Å². The van der Waals surface area contributed by atoms with E-state index >= 15 is 0 Å². The van der Waals surface area contributed by atoms with Crippen LogP contribution in [0.3, 0.4) is 0 Å². The predicted molar refractivity (Wildman–Crippen MR) is 107 cm³/mol. The van der Waals surface area contributed by atoms with E-state index in [9.17, 15) is 0 Å². The van der Waals surface area contributed by atoms with Crippen molar-refractivity contribution in [1.82, 2.24) is 0 Å². The Kier molecular flexibility index (Phi) is 12.1. The van der Waals surface area contributed by atoms with Crippen LogP contribution < -0.4 is 0 Å². The van der Waals surface area contributed by atoms with Crippen molar-refractivity contribution in [2.24, 2.45) is 0 Å². The standard InChI is InChI=1S/C23H36O/c1-4-5-6-7-9-12-15-18-21(2)19-16-13-10-8-11-14-17-20-23-22(3)24-23/h5-6,8-9,11-13,16,18,22-23H,4,7,10,14-15,17,19-20H2,1-3H3. The molecule has 1 fully saturated rings. The molecular formula is C23H36O. The third kappa shape index (κ3) is 12.1. The molecule has 0 bridgehead atoms. The lowest BCUT2D eigenvalue weighted by Crippen LogP contribution is -1.87. The Morgan fingerprint density at radius 2 is 1.50 bits per heavy atom. The average Bonchev–Trinajstić information content (AvgIpc) is 3.27. The second-order valence-electron chi connectivity index (χ2n) is 6.57. The predicted octanol–water partition coefficient (Wildman–Crippen LogP) is 7.09. The zero-order valence-electron chi connectivity index (χ0n) is 15.9. The van der Waals surface area contributed by atoms with Gasteiger partial charge in [-0.2, -0.15) is 0 Å². The number of hydrogen-bond acceptors (Lipinski definition) is 1. The normalized spacial score (nSPS) is 21.9. The van der Waals surface area contributed by atoms with E-state index in [1.165, 1.54) is 24.8 Å². The van der Waals surface area contributed by atoms with Gasteiger partial charge in [0, 0.05) is 0 Å². The maximum atomic E-state index is 5.41. The van der Waals surface area contributed by atoms with E-state index in [1.807, 2.05) is 0 Å². The first-order valence-corrected chi connectivity index (χ1v) is 9.65. The summed E-state index contributed by atoms with van der Waals surface area (Å²) in [5.74, 6) is 0. The number of unbranched alkanes of at least 4 members (excludes halogenated alkanes) is 1. The second-order valence-corrected chi connectivity index (χ2v) is 6.57. The molecule has 0 N–H and O–H groups in total. The quantitative estimate of drug-likeness (QED) is 0.200.